The number of aryl methyl sites for hydroxylation is 2. The fraction of sp³-hybridized carbons (Fsp3) is 0.250. The van der Waals surface area contributed by atoms with Gasteiger partial charge in [0, 0.05) is 5.56 Å². The first kappa shape index (κ1) is 14.8. The van der Waals surface area contributed by atoms with E-state index in [4.69, 9.17) is 8.83 Å². The summed E-state index contributed by atoms with van der Waals surface area (Å²) in [6.07, 6.45) is 6.61. The highest BCUT2D eigenvalue weighted by atomic mass is 16.3. The van der Waals surface area contributed by atoms with Crippen molar-refractivity contribution in [2.45, 2.75) is 32.4 Å². The lowest BCUT2D eigenvalue weighted by Crippen LogP contribution is -2.30. The monoisotopic (exact) mass is 321 g/mol. The van der Waals surface area contributed by atoms with Crippen LogP contribution in [0.5, 0.6) is 0 Å². The predicted molar refractivity (Wildman–Crippen MR) is 89.5 cm³/mol. The predicted octanol–water partition coefficient (Wildman–Crippen LogP) is 4.20. The van der Waals surface area contributed by atoms with Crippen molar-refractivity contribution in [1.29, 1.82) is 0 Å². The first-order chi connectivity index (χ1) is 11.8. The molecule has 4 rings (SSSR count). The highest BCUT2D eigenvalue weighted by Crippen LogP contribution is 2.24. The van der Waals surface area contributed by atoms with Crippen molar-refractivity contribution < 1.29 is 13.6 Å². The highest BCUT2D eigenvalue weighted by molar-refractivity contribution is 5.94. The smallest absolute Gasteiger partial charge is 0.254 e. The van der Waals surface area contributed by atoms with Crippen molar-refractivity contribution >= 4 is 5.91 Å². The molecule has 4 heteroatoms. The molecule has 0 N–H and O–H groups in total. The maximum atomic E-state index is 13.0. The summed E-state index contributed by atoms with van der Waals surface area (Å²) in [7, 11) is 0. The molecule has 1 aliphatic carbocycles. The molecule has 24 heavy (non-hydrogen) atoms. The van der Waals surface area contributed by atoms with Crippen LogP contribution >= 0.6 is 0 Å². The van der Waals surface area contributed by atoms with Crippen LogP contribution in [-0.2, 0) is 25.9 Å². The van der Waals surface area contributed by atoms with E-state index >= 15 is 0 Å². The summed E-state index contributed by atoms with van der Waals surface area (Å²) in [5.74, 6) is 1.52. The summed E-state index contributed by atoms with van der Waals surface area (Å²) < 4.78 is 10.8. The zero-order valence-corrected chi connectivity index (χ0v) is 13.4. The molecule has 1 aliphatic rings. The highest BCUT2D eigenvalue weighted by Gasteiger charge is 2.21. The van der Waals surface area contributed by atoms with Gasteiger partial charge in [-0.2, -0.15) is 0 Å². The third-order valence-electron chi connectivity index (χ3n) is 4.49. The van der Waals surface area contributed by atoms with Crippen LogP contribution in [0, 0.1) is 0 Å². The Hall–Kier alpha value is -2.75. The van der Waals surface area contributed by atoms with Crippen molar-refractivity contribution in [3.63, 3.8) is 0 Å². The maximum Gasteiger partial charge on any atom is 0.254 e. The van der Waals surface area contributed by atoms with Crippen molar-refractivity contribution in [2.75, 3.05) is 0 Å². The molecule has 0 spiro atoms. The van der Waals surface area contributed by atoms with Gasteiger partial charge in [0.2, 0.25) is 0 Å². The molecule has 0 saturated heterocycles. The fourth-order valence-corrected chi connectivity index (χ4v) is 3.27. The van der Waals surface area contributed by atoms with Crippen molar-refractivity contribution in [3.05, 3.63) is 83.2 Å². The summed E-state index contributed by atoms with van der Waals surface area (Å²) in [6.45, 7) is 0.841. The van der Waals surface area contributed by atoms with E-state index in [-0.39, 0.29) is 5.91 Å². The second-order valence-corrected chi connectivity index (χ2v) is 6.16. The molecule has 0 radical (unpaired) electrons. The summed E-state index contributed by atoms with van der Waals surface area (Å²) in [6, 6.07) is 13.5. The van der Waals surface area contributed by atoms with Gasteiger partial charge in [-0.3, -0.25) is 4.79 Å². The molecule has 0 unspecified atom stereocenters. The number of rotatable bonds is 5. The zero-order chi connectivity index (χ0) is 16.4. The van der Waals surface area contributed by atoms with Crippen LogP contribution in [-0.4, -0.2) is 10.8 Å². The maximum absolute atomic E-state index is 13.0. The Morgan fingerprint density at radius 1 is 0.917 bits per heavy atom. The minimum atomic E-state index is -0.00231. The minimum Gasteiger partial charge on any atom is -0.467 e. The lowest BCUT2D eigenvalue weighted by molar-refractivity contribution is 0.0704. The third-order valence-corrected chi connectivity index (χ3v) is 4.49. The number of benzene rings is 1. The van der Waals surface area contributed by atoms with Gasteiger partial charge in [0.15, 0.2) is 0 Å². The van der Waals surface area contributed by atoms with Crippen LogP contribution in [0.25, 0.3) is 0 Å². The standard InChI is InChI=1S/C20H19NO3/c22-20(17-9-8-15-4-1-5-16(15)12-17)21(13-18-6-2-10-23-18)14-19-7-3-11-24-19/h2-3,6-12H,1,4-5,13-14H2. The van der Waals surface area contributed by atoms with E-state index < -0.39 is 0 Å². The molecule has 2 aromatic heterocycles. The Morgan fingerprint density at radius 3 is 2.21 bits per heavy atom. The lowest BCUT2D eigenvalue weighted by Gasteiger charge is -2.21. The van der Waals surface area contributed by atoms with Gasteiger partial charge < -0.3 is 13.7 Å². The average Bonchev–Trinajstić information content (AvgIpc) is 3.35. The molecule has 0 aliphatic heterocycles. The lowest BCUT2D eigenvalue weighted by atomic mass is 10.1. The van der Waals surface area contributed by atoms with Gasteiger partial charge in [0.1, 0.15) is 11.5 Å². The fourth-order valence-electron chi connectivity index (χ4n) is 3.27. The van der Waals surface area contributed by atoms with Crippen LogP contribution in [0.2, 0.25) is 0 Å². The van der Waals surface area contributed by atoms with Crippen molar-refractivity contribution in [3.8, 4) is 0 Å². The Balaban J connectivity index is 1.60. The van der Waals surface area contributed by atoms with Crippen LogP contribution in [0.1, 0.15) is 39.4 Å². The largest absolute Gasteiger partial charge is 0.467 e. The summed E-state index contributed by atoms with van der Waals surface area (Å²) in [4.78, 5) is 14.8. The Bertz CT molecular complexity index is 782. The van der Waals surface area contributed by atoms with E-state index in [9.17, 15) is 4.79 Å². The molecule has 122 valence electrons. The van der Waals surface area contributed by atoms with Gasteiger partial charge in [-0.1, -0.05) is 6.07 Å². The van der Waals surface area contributed by atoms with E-state index in [0.29, 0.717) is 13.1 Å². The third kappa shape index (κ3) is 3.00. The number of furan rings is 2. The van der Waals surface area contributed by atoms with Gasteiger partial charge in [0.25, 0.3) is 5.91 Å². The second kappa shape index (κ2) is 6.40. The van der Waals surface area contributed by atoms with Crippen LogP contribution in [0.3, 0.4) is 0 Å². The molecule has 2 heterocycles. The molecular weight excluding hydrogens is 302 g/mol. The Kier molecular flexibility index (Phi) is 3.95. The molecular formula is C20H19NO3. The van der Waals surface area contributed by atoms with E-state index in [1.165, 1.54) is 17.5 Å². The van der Waals surface area contributed by atoms with E-state index in [0.717, 1.165) is 29.9 Å². The Labute approximate surface area is 140 Å². The molecule has 1 aromatic carbocycles. The van der Waals surface area contributed by atoms with Gasteiger partial charge in [-0.25, -0.2) is 0 Å². The summed E-state index contributed by atoms with van der Waals surface area (Å²) in [5.41, 5.74) is 3.40. The minimum absolute atomic E-state index is 0.00231. The van der Waals surface area contributed by atoms with Crippen molar-refractivity contribution in [1.82, 2.24) is 4.90 Å². The first-order valence-electron chi connectivity index (χ1n) is 8.25. The molecule has 0 fully saturated rings. The molecule has 0 bridgehead atoms. The molecule has 3 aromatic rings. The number of carbonyl (C=O) groups is 1. The van der Waals surface area contributed by atoms with Crippen LogP contribution < -0.4 is 0 Å². The second-order valence-electron chi connectivity index (χ2n) is 6.16. The quantitative estimate of drug-likeness (QED) is 0.707. The number of fused-ring (bicyclic) bond motifs is 1. The molecule has 1 amide bonds. The van der Waals surface area contributed by atoms with Gasteiger partial charge in [0.05, 0.1) is 25.6 Å². The molecule has 0 saturated carbocycles. The topological polar surface area (TPSA) is 46.6 Å². The summed E-state index contributed by atoms with van der Waals surface area (Å²) >= 11 is 0. The number of hydrogen-bond donors (Lipinski definition) is 0. The van der Waals surface area contributed by atoms with Crippen LogP contribution in [0.4, 0.5) is 0 Å². The van der Waals surface area contributed by atoms with Crippen LogP contribution in [0.15, 0.2) is 63.8 Å². The number of carbonyl (C=O) groups excluding carboxylic acids is 1. The molecule has 4 nitrogen and oxygen atoms in total. The van der Waals surface area contributed by atoms with Crippen molar-refractivity contribution in [2.24, 2.45) is 0 Å². The zero-order valence-electron chi connectivity index (χ0n) is 13.4. The number of nitrogens with zero attached hydrogens (tertiary/aromatic N) is 1. The first-order valence-corrected chi connectivity index (χ1v) is 8.25. The van der Waals surface area contributed by atoms with Gasteiger partial charge >= 0.3 is 0 Å². The normalized spacial score (nSPS) is 13.0. The van der Waals surface area contributed by atoms with Gasteiger partial charge in [-0.15, -0.1) is 0 Å². The Morgan fingerprint density at radius 2 is 1.58 bits per heavy atom. The average molecular weight is 321 g/mol. The SMILES string of the molecule is O=C(c1ccc2c(c1)CCC2)N(Cc1ccco1)Cc1ccco1. The molecule has 0 atom stereocenters. The van der Waals surface area contributed by atoms with E-state index in [1.54, 1.807) is 17.4 Å². The number of hydrogen-bond acceptors (Lipinski definition) is 3. The number of amides is 1. The van der Waals surface area contributed by atoms with E-state index in [2.05, 4.69) is 6.07 Å². The van der Waals surface area contributed by atoms with Gasteiger partial charge in [-0.05, 0) is 66.8 Å². The van der Waals surface area contributed by atoms with E-state index in [1.807, 2.05) is 36.4 Å². The summed E-state index contributed by atoms with van der Waals surface area (Å²) in [5, 5.41) is 0.